The van der Waals surface area contributed by atoms with Crippen LogP contribution in [-0.2, 0) is 5.75 Å². The Hall–Kier alpha value is -0.290. The lowest BCUT2D eigenvalue weighted by molar-refractivity contribution is 0.899. The van der Waals surface area contributed by atoms with E-state index in [0.717, 1.165) is 27.6 Å². The average molecular weight is 304 g/mol. The van der Waals surface area contributed by atoms with Crippen molar-refractivity contribution < 1.29 is 0 Å². The van der Waals surface area contributed by atoms with Crippen LogP contribution < -0.4 is 5.32 Å². The zero-order valence-electron chi connectivity index (χ0n) is 10.2. The number of thioether (sulfide) groups is 1. The van der Waals surface area contributed by atoms with Gasteiger partial charge in [-0.15, -0.1) is 0 Å². The molecule has 3 nitrogen and oxygen atoms in total. The van der Waals surface area contributed by atoms with Gasteiger partial charge in [-0.05, 0) is 29.3 Å². The zero-order chi connectivity index (χ0) is 12.1. The van der Waals surface area contributed by atoms with Gasteiger partial charge >= 0.3 is 0 Å². The normalized spacial score (nSPS) is 12.6. The average Bonchev–Trinajstić information content (AvgIpc) is 2.29. The first-order valence-corrected chi connectivity index (χ1v) is 7.25. The minimum absolute atomic E-state index is 0.658. The lowest BCUT2D eigenvalue weighted by Crippen LogP contribution is -2.04. The largest absolute Gasteiger partial charge is 0.372 e. The Labute approximate surface area is 110 Å². The van der Waals surface area contributed by atoms with Crippen LogP contribution in [0.2, 0.25) is 0 Å². The van der Waals surface area contributed by atoms with Gasteiger partial charge in [0, 0.05) is 12.3 Å². The summed E-state index contributed by atoms with van der Waals surface area (Å²) in [6.07, 6.45) is 1.18. The molecule has 0 aliphatic carbocycles. The van der Waals surface area contributed by atoms with Gasteiger partial charge in [0.1, 0.15) is 11.6 Å². The van der Waals surface area contributed by atoms with Crippen molar-refractivity contribution in [1.29, 1.82) is 0 Å². The van der Waals surface area contributed by atoms with E-state index < -0.39 is 0 Å². The summed E-state index contributed by atoms with van der Waals surface area (Å²) in [6.45, 7) is 6.42. The molecule has 1 aromatic heterocycles. The number of halogens is 1. The number of nitrogens with one attached hydrogen (secondary N) is 1. The molecule has 0 radical (unpaired) electrons. The van der Waals surface area contributed by atoms with Crippen molar-refractivity contribution in [2.45, 2.75) is 38.2 Å². The van der Waals surface area contributed by atoms with Crippen molar-refractivity contribution in [3.05, 3.63) is 16.0 Å². The molecule has 1 N–H and O–H groups in total. The van der Waals surface area contributed by atoms with E-state index >= 15 is 0 Å². The molecule has 0 amide bonds. The number of hydrogen-bond donors (Lipinski definition) is 1. The number of anilines is 1. The highest BCUT2D eigenvalue weighted by Gasteiger charge is 2.09. The quantitative estimate of drug-likeness (QED) is 0.901. The molecule has 1 atom stereocenters. The van der Waals surface area contributed by atoms with Crippen LogP contribution in [0.5, 0.6) is 0 Å². The van der Waals surface area contributed by atoms with Gasteiger partial charge in [0.2, 0.25) is 0 Å². The smallest absolute Gasteiger partial charge is 0.144 e. The van der Waals surface area contributed by atoms with E-state index in [1.54, 1.807) is 0 Å². The number of nitrogens with zero attached hydrogens (tertiary/aromatic N) is 2. The number of aromatic nitrogens is 2. The molecule has 0 aromatic carbocycles. The van der Waals surface area contributed by atoms with Crippen molar-refractivity contribution in [2.75, 3.05) is 12.4 Å². The maximum Gasteiger partial charge on any atom is 0.144 e. The molecule has 1 rings (SSSR count). The van der Waals surface area contributed by atoms with Crippen molar-refractivity contribution in [3.63, 3.8) is 0 Å². The van der Waals surface area contributed by atoms with Crippen molar-refractivity contribution >= 4 is 33.5 Å². The molecular formula is C11H18BrN3S. The Morgan fingerprint density at radius 2 is 2.12 bits per heavy atom. The molecule has 90 valence electrons. The summed E-state index contributed by atoms with van der Waals surface area (Å²) >= 11 is 5.37. The van der Waals surface area contributed by atoms with E-state index in [-0.39, 0.29) is 0 Å². The van der Waals surface area contributed by atoms with Gasteiger partial charge in [0.05, 0.1) is 15.9 Å². The molecule has 1 heterocycles. The first kappa shape index (κ1) is 13.8. The van der Waals surface area contributed by atoms with Gasteiger partial charge in [-0.2, -0.15) is 11.8 Å². The molecule has 1 unspecified atom stereocenters. The molecule has 16 heavy (non-hydrogen) atoms. The molecule has 5 heteroatoms. The summed E-state index contributed by atoms with van der Waals surface area (Å²) in [5.41, 5.74) is 0.985. The summed E-state index contributed by atoms with van der Waals surface area (Å²) < 4.78 is 0.951. The highest BCUT2D eigenvalue weighted by molar-refractivity contribution is 9.10. The first-order chi connectivity index (χ1) is 7.58. The number of hydrogen-bond acceptors (Lipinski definition) is 4. The third kappa shape index (κ3) is 3.63. The molecule has 1 aromatic rings. The van der Waals surface area contributed by atoms with Crippen LogP contribution in [0.15, 0.2) is 4.47 Å². The predicted molar refractivity (Wildman–Crippen MR) is 75.1 cm³/mol. The van der Waals surface area contributed by atoms with E-state index in [0.29, 0.717) is 5.25 Å². The Morgan fingerprint density at radius 1 is 1.44 bits per heavy atom. The maximum absolute atomic E-state index is 4.47. The maximum atomic E-state index is 4.47. The SMILES string of the molecule is CCC(C)SCc1nc(C)c(Br)c(NC)n1. The van der Waals surface area contributed by atoms with Gasteiger partial charge in [-0.3, -0.25) is 0 Å². The molecule has 0 spiro atoms. The van der Waals surface area contributed by atoms with Crippen LogP contribution in [0.4, 0.5) is 5.82 Å². The Balaban J connectivity index is 2.78. The second-order valence-electron chi connectivity index (χ2n) is 3.67. The predicted octanol–water partition coefficient (Wildman–Crippen LogP) is 3.62. The fraction of sp³-hybridized carbons (Fsp3) is 0.636. The minimum atomic E-state index is 0.658. The summed E-state index contributed by atoms with van der Waals surface area (Å²) in [6, 6.07) is 0. The second-order valence-corrected chi connectivity index (χ2v) is 5.89. The van der Waals surface area contributed by atoms with E-state index in [4.69, 9.17) is 0 Å². The van der Waals surface area contributed by atoms with E-state index in [1.165, 1.54) is 6.42 Å². The Morgan fingerprint density at radius 3 is 2.69 bits per heavy atom. The minimum Gasteiger partial charge on any atom is -0.372 e. The van der Waals surface area contributed by atoms with Crippen LogP contribution in [0, 0.1) is 6.92 Å². The summed E-state index contributed by atoms with van der Waals surface area (Å²) in [7, 11) is 1.87. The van der Waals surface area contributed by atoms with Crippen LogP contribution in [0.1, 0.15) is 31.8 Å². The van der Waals surface area contributed by atoms with Crippen LogP contribution in [0.3, 0.4) is 0 Å². The standard InChI is InChI=1S/C11H18BrN3S/c1-5-7(2)16-6-9-14-8(3)10(12)11(13-4)15-9/h7H,5-6H2,1-4H3,(H,13,14,15). The lowest BCUT2D eigenvalue weighted by atomic mass is 10.4. The van der Waals surface area contributed by atoms with Crippen molar-refractivity contribution in [3.8, 4) is 0 Å². The number of aryl methyl sites for hydroxylation is 1. The summed E-state index contributed by atoms with van der Waals surface area (Å²) in [4.78, 5) is 8.94. The van der Waals surface area contributed by atoms with Crippen molar-refractivity contribution in [2.24, 2.45) is 0 Å². The Bertz CT molecular complexity index is 357. The fourth-order valence-electron chi connectivity index (χ4n) is 1.18. The lowest BCUT2D eigenvalue weighted by Gasteiger charge is -2.10. The molecule has 0 aliphatic rings. The van der Waals surface area contributed by atoms with Crippen LogP contribution in [0.25, 0.3) is 0 Å². The molecule has 0 bridgehead atoms. The van der Waals surface area contributed by atoms with Gasteiger partial charge in [-0.1, -0.05) is 13.8 Å². The van der Waals surface area contributed by atoms with E-state index in [1.807, 2.05) is 25.7 Å². The molecule has 0 fully saturated rings. The highest BCUT2D eigenvalue weighted by Crippen LogP contribution is 2.25. The monoisotopic (exact) mass is 303 g/mol. The second kappa shape index (κ2) is 6.45. The third-order valence-corrected chi connectivity index (χ3v) is 4.65. The highest BCUT2D eigenvalue weighted by atomic mass is 79.9. The summed E-state index contributed by atoms with van der Waals surface area (Å²) in [5, 5.41) is 3.73. The van der Waals surface area contributed by atoms with Gasteiger partial charge < -0.3 is 5.32 Å². The fourth-order valence-corrected chi connectivity index (χ4v) is 2.36. The summed E-state index contributed by atoms with van der Waals surface area (Å²) in [5.74, 6) is 2.64. The van der Waals surface area contributed by atoms with E-state index in [2.05, 4.69) is 45.1 Å². The van der Waals surface area contributed by atoms with Gasteiger partial charge in [0.25, 0.3) is 0 Å². The molecule has 0 saturated heterocycles. The topological polar surface area (TPSA) is 37.8 Å². The molecule has 0 aliphatic heterocycles. The van der Waals surface area contributed by atoms with Gasteiger partial charge in [-0.25, -0.2) is 9.97 Å². The van der Waals surface area contributed by atoms with Crippen LogP contribution in [-0.4, -0.2) is 22.3 Å². The van der Waals surface area contributed by atoms with E-state index in [9.17, 15) is 0 Å². The molecular weight excluding hydrogens is 286 g/mol. The first-order valence-electron chi connectivity index (χ1n) is 5.40. The van der Waals surface area contributed by atoms with Crippen molar-refractivity contribution in [1.82, 2.24) is 9.97 Å². The van der Waals surface area contributed by atoms with Crippen LogP contribution >= 0.6 is 27.7 Å². The third-order valence-electron chi connectivity index (χ3n) is 2.37. The number of rotatable bonds is 5. The molecule has 0 saturated carbocycles. The zero-order valence-corrected chi connectivity index (χ0v) is 12.6. The van der Waals surface area contributed by atoms with Gasteiger partial charge in [0.15, 0.2) is 0 Å². The Kier molecular flexibility index (Phi) is 5.55.